The molecule has 1 N–H and O–H groups in total. The number of rotatable bonds is 8. The van der Waals surface area contributed by atoms with E-state index in [0.717, 1.165) is 57.9 Å². The Morgan fingerprint density at radius 2 is 2.16 bits per heavy atom. The third-order valence-electron chi connectivity index (χ3n) is 3.77. The maximum absolute atomic E-state index is 5.55. The summed E-state index contributed by atoms with van der Waals surface area (Å²) in [6, 6.07) is 6.66. The molecule has 0 atom stereocenters. The topological polar surface area (TPSA) is 24.5 Å². The highest BCUT2D eigenvalue weighted by molar-refractivity contribution is 5.39. The van der Waals surface area contributed by atoms with Crippen LogP contribution < -0.4 is 10.1 Å². The highest BCUT2D eigenvalue weighted by Gasteiger charge is 2.12. The predicted molar refractivity (Wildman–Crippen MR) is 80.0 cm³/mol. The fourth-order valence-electron chi connectivity index (χ4n) is 2.52. The van der Waals surface area contributed by atoms with Gasteiger partial charge in [-0.05, 0) is 36.7 Å². The minimum atomic E-state index is 0.850. The molecular weight excluding hydrogens is 236 g/mol. The van der Waals surface area contributed by atoms with Crippen LogP contribution in [0.5, 0.6) is 5.75 Å². The smallest absolute Gasteiger partial charge is 0.122 e. The number of benzene rings is 1. The molecule has 0 radical (unpaired) electrons. The zero-order valence-electron chi connectivity index (χ0n) is 12.2. The molecule has 1 aromatic carbocycles. The lowest BCUT2D eigenvalue weighted by molar-refractivity contribution is 0.291. The van der Waals surface area contributed by atoms with Crippen molar-refractivity contribution in [3.63, 3.8) is 0 Å². The van der Waals surface area contributed by atoms with Gasteiger partial charge in [0, 0.05) is 26.1 Å². The summed E-state index contributed by atoms with van der Waals surface area (Å²) in [5.74, 6) is 1.09. The Balaban J connectivity index is 1.80. The van der Waals surface area contributed by atoms with Crippen LogP contribution in [-0.4, -0.2) is 44.2 Å². The SMILES string of the molecule is CCNCCN(CC)CCc1ccc2c(c1)CCO2. The van der Waals surface area contributed by atoms with Crippen LogP contribution in [0, 0.1) is 0 Å². The molecule has 0 saturated heterocycles. The molecule has 0 aromatic heterocycles. The van der Waals surface area contributed by atoms with Crippen molar-refractivity contribution in [3.8, 4) is 5.75 Å². The fourth-order valence-corrected chi connectivity index (χ4v) is 2.52. The molecule has 3 heteroatoms. The van der Waals surface area contributed by atoms with E-state index in [1.54, 1.807) is 0 Å². The minimum Gasteiger partial charge on any atom is -0.493 e. The van der Waals surface area contributed by atoms with Crippen molar-refractivity contribution < 1.29 is 4.74 Å². The third-order valence-corrected chi connectivity index (χ3v) is 3.77. The van der Waals surface area contributed by atoms with Crippen molar-refractivity contribution in [3.05, 3.63) is 29.3 Å². The molecule has 3 nitrogen and oxygen atoms in total. The molecule has 106 valence electrons. The predicted octanol–water partition coefficient (Wildman–Crippen LogP) is 2.10. The van der Waals surface area contributed by atoms with Gasteiger partial charge in [-0.25, -0.2) is 0 Å². The van der Waals surface area contributed by atoms with Gasteiger partial charge in [0.05, 0.1) is 6.61 Å². The number of nitrogens with zero attached hydrogens (tertiary/aromatic N) is 1. The van der Waals surface area contributed by atoms with Crippen LogP contribution in [0.2, 0.25) is 0 Å². The van der Waals surface area contributed by atoms with E-state index in [2.05, 4.69) is 42.3 Å². The van der Waals surface area contributed by atoms with Gasteiger partial charge in [-0.2, -0.15) is 0 Å². The molecule has 0 saturated carbocycles. The van der Waals surface area contributed by atoms with Crippen molar-refractivity contribution in [2.24, 2.45) is 0 Å². The Bertz CT molecular complexity index is 392. The van der Waals surface area contributed by atoms with Gasteiger partial charge < -0.3 is 15.0 Å². The first kappa shape index (κ1) is 14.4. The average molecular weight is 262 g/mol. The quantitative estimate of drug-likeness (QED) is 0.726. The average Bonchev–Trinajstić information content (AvgIpc) is 2.90. The summed E-state index contributed by atoms with van der Waals surface area (Å²) in [6.45, 7) is 10.8. The van der Waals surface area contributed by atoms with Crippen molar-refractivity contribution >= 4 is 0 Å². The van der Waals surface area contributed by atoms with E-state index in [1.165, 1.54) is 11.1 Å². The molecule has 2 rings (SSSR count). The van der Waals surface area contributed by atoms with E-state index in [-0.39, 0.29) is 0 Å². The Morgan fingerprint density at radius 1 is 1.26 bits per heavy atom. The monoisotopic (exact) mass is 262 g/mol. The van der Waals surface area contributed by atoms with Crippen LogP contribution in [-0.2, 0) is 12.8 Å². The Kier molecular flexibility index (Phi) is 5.67. The fraction of sp³-hybridized carbons (Fsp3) is 0.625. The van der Waals surface area contributed by atoms with E-state index in [9.17, 15) is 0 Å². The maximum Gasteiger partial charge on any atom is 0.122 e. The van der Waals surface area contributed by atoms with Crippen molar-refractivity contribution in [2.45, 2.75) is 26.7 Å². The second kappa shape index (κ2) is 7.51. The van der Waals surface area contributed by atoms with Gasteiger partial charge in [0.15, 0.2) is 0 Å². The van der Waals surface area contributed by atoms with E-state index < -0.39 is 0 Å². The van der Waals surface area contributed by atoms with Crippen molar-refractivity contribution in [2.75, 3.05) is 39.3 Å². The summed E-state index contributed by atoms with van der Waals surface area (Å²) < 4.78 is 5.55. The van der Waals surface area contributed by atoms with E-state index in [1.807, 2.05) is 0 Å². The lowest BCUT2D eigenvalue weighted by atomic mass is 10.1. The van der Waals surface area contributed by atoms with Crippen molar-refractivity contribution in [1.29, 1.82) is 0 Å². The van der Waals surface area contributed by atoms with E-state index in [0.29, 0.717) is 0 Å². The van der Waals surface area contributed by atoms with Crippen LogP contribution in [0.15, 0.2) is 18.2 Å². The maximum atomic E-state index is 5.55. The van der Waals surface area contributed by atoms with Gasteiger partial charge in [-0.3, -0.25) is 0 Å². The molecule has 1 aromatic rings. The molecule has 0 aliphatic carbocycles. The Hall–Kier alpha value is -1.06. The number of nitrogens with one attached hydrogen (secondary N) is 1. The number of ether oxygens (including phenoxy) is 1. The second-order valence-corrected chi connectivity index (χ2v) is 5.08. The van der Waals surface area contributed by atoms with Crippen LogP contribution in [0.4, 0.5) is 0 Å². The summed E-state index contributed by atoms with van der Waals surface area (Å²) in [6.07, 6.45) is 2.20. The van der Waals surface area contributed by atoms with Gasteiger partial charge in [0.25, 0.3) is 0 Å². The first-order chi connectivity index (χ1) is 9.33. The molecule has 1 aliphatic heterocycles. The van der Waals surface area contributed by atoms with Crippen LogP contribution in [0.3, 0.4) is 0 Å². The normalized spacial score (nSPS) is 13.6. The van der Waals surface area contributed by atoms with E-state index >= 15 is 0 Å². The molecule has 0 amide bonds. The number of hydrogen-bond acceptors (Lipinski definition) is 3. The van der Waals surface area contributed by atoms with Gasteiger partial charge in [0.1, 0.15) is 5.75 Å². The molecule has 0 fully saturated rings. The lowest BCUT2D eigenvalue weighted by Gasteiger charge is -2.20. The molecule has 0 bridgehead atoms. The number of fused-ring (bicyclic) bond motifs is 1. The molecular formula is C16H26N2O. The largest absolute Gasteiger partial charge is 0.493 e. The number of hydrogen-bond donors (Lipinski definition) is 1. The zero-order valence-corrected chi connectivity index (χ0v) is 12.2. The molecule has 0 spiro atoms. The highest BCUT2D eigenvalue weighted by atomic mass is 16.5. The summed E-state index contributed by atoms with van der Waals surface area (Å²) in [7, 11) is 0. The Morgan fingerprint density at radius 3 is 2.95 bits per heavy atom. The van der Waals surface area contributed by atoms with E-state index in [4.69, 9.17) is 4.74 Å². The highest BCUT2D eigenvalue weighted by Crippen LogP contribution is 2.25. The van der Waals surface area contributed by atoms with Crippen LogP contribution >= 0.6 is 0 Å². The summed E-state index contributed by atoms with van der Waals surface area (Å²) >= 11 is 0. The summed E-state index contributed by atoms with van der Waals surface area (Å²) in [5.41, 5.74) is 2.82. The number of likely N-dealkylation sites (N-methyl/N-ethyl adjacent to an activating group) is 2. The second-order valence-electron chi connectivity index (χ2n) is 5.08. The van der Waals surface area contributed by atoms with Gasteiger partial charge in [-0.15, -0.1) is 0 Å². The first-order valence-electron chi connectivity index (χ1n) is 7.51. The standard InChI is InChI=1S/C16H26N2O/c1-3-17-9-11-18(4-2)10-7-14-5-6-16-15(13-14)8-12-19-16/h5-6,13,17H,3-4,7-12H2,1-2H3. The minimum absolute atomic E-state index is 0.850. The lowest BCUT2D eigenvalue weighted by Crippen LogP contribution is -2.33. The molecule has 1 aliphatic rings. The molecule has 0 unspecified atom stereocenters. The first-order valence-corrected chi connectivity index (χ1v) is 7.51. The molecule has 1 heterocycles. The Labute approximate surface area is 116 Å². The molecule has 19 heavy (non-hydrogen) atoms. The van der Waals surface area contributed by atoms with Gasteiger partial charge in [0.2, 0.25) is 0 Å². The van der Waals surface area contributed by atoms with Gasteiger partial charge in [-0.1, -0.05) is 26.0 Å². The third kappa shape index (κ3) is 4.22. The zero-order chi connectivity index (χ0) is 13.5. The summed E-state index contributed by atoms with van der Waals surface area (Å²) in [5, 5.41) is 3.39. The van der Waals surface area contributed by atoms with Gasteiger partial charge >= 0.3 is 0 Å². The van der Waals surface area contributed by atoms with Crippen LogP contribution in [0.25, 0.3) is 0 Å². The van der Waals surface area contributed by atoms with Crippen molar-refractivity contribution in [1.82, 2.24) is 10.2 Å². The summed E-state index contributed by atoms with van der Waals surface area (Å²) in [4.78, 5) is 2.51. The van der Waals surface area contributed by atoms with Crippen LogP contribution in [0.1, 0.15) is 25.0 Å².